The number of aromatic nitrogens is 2. The van der Waals surface area contributed by atoms with Crippen molar-refractivity contribution in [3.8, 4) is 11.8 Å². The maximum Gasteiger partial charge on any atom is 0.240 e. The summed E-state index contributed by atoms with van der Waals surface area (Å²) in [6, 6.07) is 7.49. The van der Waals surface area contributed by atoms with Crippen molar-refractivity contribution in [2.45, 2.75) is 27.2 Å². The molecular weight excluding hydrogens is 266 g/mol. The third kappa shape index (κ3) is 4.95. The summed E-state index contributed by atoms with van der Waals surface area (Å²) in [5, 5.41) is 3.19. The van der Waals surface area contributed by atoms with Gasteiger partial charge in [-0.1, -0.05) is 26.3 Å². The number of nitrogens with one attached hydrogen (secondary N) is 1. The minimum atomic E-state index is 0.472. The Labute approximate surface area is 126 Å². The summed E-state index contributed by atoms with van der Waals surface area (Å²) in [4.78, 5) is 8.47. The molecule has 0 radical (unpaired) electrons. The van der Waals surface area contributed by atoms with Gasteiger partial charge in [-0.05, 0) is 24.6 Å². The van der Waals surface area contributed by atoms with E-state index >= 15 is 0 Å². The minimum absolute atomic E-state index is 0.472. The van der Waals surface area contributed by atoms with Gasteiger partial charge >= 0.3 is 0 Å². The van der Waals surface area contributed by atoms with Crippen LogP contribution < -0.4 is 14.8 Å². The number of ether oxygens (including phenoxy) is 2. The molecule has 2 heterocycles. The number of nitrogens with zero attached hydrogens (tertiary/aromatic N) is 2. The molecule has 0 bridgehead atoms. The Morgan fingerprint density at radius 3 is 2.38 bits per heavy atom. The first-order valence-corrected chi connectivity index (χ1v) is 6.93. The zero-order chi connectivity index (χ0) is 15.7. The molecule has 2 aromatic heterocycles. The number of rotatable bonds is 4. The van der Waals surface area contributed by atoms with Crippen molar-refractivity contribution >= 4 is 11.5 Å². The fraction of sp³-hybridized carbons (Fsp3) is 0.375. The summed E-state index contributed by atoms with van der Waals surface area (Å²) in [6.07, 6.45) is 2.98. The van der Waals surface area contributed by atoms with E-state index in [9.17, 15) is 0 Å². The van der Waals surface area contributed by atoms with Crippen molar-refractivity contribution in [3.05, 3.63) is 36.0 Å². The van der Waals surface area contributed by atoms with Crippen LogP contribution in [0.15, 0.2) is 30.5 Å². The zero-order valence-electron chi connectivity index (χ0n) is 13.3. The summed E-state index contributed by atoms with van der Waals surface area (Å²) in [6.45, 7) is 6.23. The average Bonchev–Trinajstić information content (AvgIpc) is 2.50. The van der Waals surface area contributed by atoms with Gasteiger partial charge in [0.15, 0.2) is 0 Å². The van der Waals surface area contributed by atoms with Crippen LogP contribution >= 0.6 is 0 Å². The molecule has 5 nitrogen and oxygen atoms in total. The molecule has 0 fully saturated rings. The predicted molar refractivity (Wildman–Crippen MR) is 85.6 cm³/mol. The lowest BCUT2D eigenvalue weighted by Crippen LogP contribution is -2.00. The molecule has 5 heteroatoms. The second kappa shape index (κ2) is 8.79. The zero-order valence-corrected chi connectivity index (χ0v) is 13.3. The first-order chi connectivity index (χ1) is 10.2. The summed E-state index contributed by atoms with van der Waals surface area (Å²) >= 11 is 0. The van der Waals surface area contributed by atoms with E-state index in [-0.39, 0.29) is 0 Å². The number of anilines is 2. The highest BCUT2D eigenvalue weighted by atomic mass is 16.5. The Balaban J connectivity index is 0.000000677. The van der Waals surface area contributed by atoms with Crippen LogP contribution in [0.4, 0.5) is 11.5 Å². The Bertz CT molecular complexity index is 559. The van der Waals surface area contributed by atoms with E-state index in [4.69, 9.17) is 9.47 Å². The Hall–Kier alpha value is -2.30. The maximum atomic E-state index is 5.22. The first-order valence-electron chi connectivity index (χ1n) is 6.93. The molecule has 0 aromatic carbocycles. The highest BCUT2D eigenvalue weighted by Crippen LogP contribution is 2.28. The molecule has 114 valence electrons. The van der Waals surface area contributed by atoms with E-state index < -0.39 is 0 Å². The summed E-state index contributed by atoms with van der Waals surface area (Å²) < 4.78 is 10.3. The van der Waals surface area contributed by atoms with Crippen molar-refractivity contribution in [1.29, 1.82) is 0 Å². The highest BCUT2D eigenvalue weighted by molar-refractivity contribution is 5.64. The molecule has 0 spiro atoms. The van der Waals surface area contributed by atoms with Gasteiger partial charge in [0.2, 0.25) is 11.8 Å². The summed E-state index contributed by atoms with van der Waals surface area (Å²) in [5.41, 5.74) is 1.80. The molecule has 2 aromatic rings. The largest absolute Gasteiger partial charge is 0.481 e. The smallest absolute Gasteiger partial charge is 0.240 e. The molecule has 1 N–H and O–H groups in total. The van der Waals surface area contributed by atoms with Crippen molar-refractivity contribution in [2.75, 3.05) is 19.5 Å². The molecule has 0 saturated carbocycles. The lowest BCUT2D eigenvalue weighted by molar-refractivity contribution is 0.366. The van der Waals surface area contributed by atoms with Crippen molar-refractivity contribution < 1.29 is 9.47 Å². The lowest BCUT2D eigenvalue weighted by atomic mass is 10.3. The van der Waals surface area contributed by atoms with Crippen LogP contribution in [0, 0.1) is 6.92 Å². The van der Waals surface area contributed by atoms with Gasteiger partial charge < -0.3 is 14.8 Å². The van der Waals surface area contributed by atoms with Gasteiger partial charge in [0.1, 0.15) is 11.5 Å². The SMILES string of the molecule is CCC.COc1ccc(Nc2ncccc2C)c(OC)n1. The van der Waals surface area contributed by atoms with E-state index in [2.05, 4.69) is 29.1 Å². The number of hydrogen-bond donors (Lipinski definition) is 1. The first kappa shape index (κ1) is 16.8. The average molecular weight is 289 g/mol. The van der Waals surface area contributed by atoms with Gasteiger partial charge in [-0.2, -0.15) is 4.98 Å². The monoisotopic (exact) mass is 289 g/mol. The molecule has 21 heavy (non-hydrogen) atoms. The molecule has 2 rings (SSSR count). The molecule has 0 atom stereocenters. The number of pyridine rings is 2. The van der Waals surface area contributed by atoms with Crippen LogP contribution in [0.5, 0.6) is 11.8 Å². The van der Waals surface area contributed by atoms with E-state index in [1.165, 1.54) is 6.42 Å². The van der Waals surface area contributed by atoms with Crippen LogP contribution in [0.2, 0.25) is 0 Å². The normalized spacial score (nSPS) is 9.38. The van der Waals surface area contributed by atoms with Gasteiger partial charge in [-0.25, -0.2) is 4.98 Å². The lowest BCUT2D eigenvalue weighted by Gasteiger charge is -2.11. The number of methoxy groups -OCH3 is 2. The number of hydrogen-bond acceptors (Lipinski definition) is 5. The third-order valence-electron chi connectivity index (χ3n) is 2.50. The molecule has 0 unspecified atom stereocenters. The van der Waals surface area contributed by atoms with Gasteiger partial charge in [0, 0.05) is 12.3 Å². The van der Waals surface area contributed by atoms with Crippen LogP contribution in [-0.4, -0.2) is 24.2 Å². The van der Waals surface area contributed by atoms with Crippen molar-refractivity contribution in [3.63, 3.8) is 0 Å². The van der Waals surface area contributed by atoms with Crippen LogP contribution in [-0.2, 0) is 0 Å². The van der Waals surface area contributed by atoms with Crippen LogP contribution in [0.3, 0.4) is 0 Å². The minimum Gasteiger partial charge on any atom is -0.481 e. The Morgan fingerprint density at radius 2 is 1.81 bits per heavy atom. The molecule has 0 aliphatic rings. The Kier molecular flexibility index (Phi) is 7.01. The Morgan fingerprint density at radius 1 is 1.10 bits per heavy atom. The maximum absolute atomic E-state index is 5.22. The predicted octanol–water partition coefficient (Wildman–Crippen LogP) is 3.96. The van der Waals surface area contributed by atoms with Gasteiger partial charge in [0.05, 0.1) is 14.2 Å². The van der Waals surface area contributed by atoms with E-state index in [0.29, 0.717) is 11.8 Å². The summed E-state index contributed by atoms with van der Waals surface area (Å²) in [7, 11) is 3.13. The van der Waals surface area contributed by atoms with E-state index in [1.54, 1.807) is 26.5 Å². The molecular formula is C16H23N3O2. The van der Waals surface area contributed by atoms with Crippen molar-refractivity contribution in [2.24, 2.45) is 0 Å². The second-order valence-electron chi connectivity index (χ2n) is 4.41. The van der Waals surface area contributed by atoms with Gasteiger partial charge in [-0.3, -0.25) is 0 Å². The molecule has 0 amide bonds. The summed E-state index contributed by atoms with van der Waals surface area (Å²) in [5.74, 6) is 1.76. The van der Waals surface area contributed by atoms with Crippen LogP contribution in [0.1, 0.15) is 25.8 Å². The quantitative estimate of drug-likeness (QED) is 0.923. The fourth-order valence-corrected chi connectivity index (χ4v) is 1.53. The van der Waals surface area contributed by atoms with Crippen molar-refractivity contribution in [1.82, 2.24) is 9.97 Å². The highest BCUT2D eigenvalue weighted by Gasteiger charge is 2.08. The van der Waals surface area contributed by atoms with Gasteiger partial charge in [-0.15, -0.1) is 0 Å². The van der Waals surface area contributed by atoms with E-state index in [1.807, 2.05) is 25.1 Å². The topological polar surface area (TPSA) is 56.3 Å². The second-order valence-corrected chi connectivity index (χ2v) is 4.41. The van der Waals surface area contributed by atoms with Crippen LogP contribution in [0.25, 0.3) is 0 Å². The number of aryl methyl sites for hydroxylation is 1. The van der Waals surface area contributed by atoms with E-state index in [0.717, 1.165) is 17.1 Å². The standard InChI is InChI=1S/C13H15N3O2.C3H8/c1-9-5-4-8-14-12(9)15-10-6-7-11(17-2)16-13(10)18-3;1-3-2/h4-8H,1-3H3,(H,14,15);3H2,1-2H3. The molecule has 0 aliphatic heterocycles. The van der Waals surface area contributed by atoms with Gasteiger partial charge in [0.25, 0.3) is 0 Å². The fourth-order valence-electron chi connectivity index (χ4n) is 1.53. The molecule has 0 aliphatic carbocycles. The molecule has 0 saturated heterocycles. The third-order valence-corrected chi connectivity index (χ3v) is 2.50.